The number of aliphatic hydroxyl groups is 1. The molecule has 2 aromatic heterocycles. The summed E-state index contributed by atoms with van der Waals surface area (Å²) in [6.07, 6.45) is 6.31. The van der Waals surface area contributed by atoms with Crippen LogP contribution >= 0.6 is 0 Å². The summed E-state index contributed by atoms with van der Waals surface area (Å²) in [6.45, 7) is 2.13. The third-order valence-corrected chi connectivity index (χ3v) is 9.23. The lowest BCUT2D eigenvalue weighted by atomic mass is 9.75. The van der Waals surface area contributed by atoms with E-state index >= 15 is 8.78 Å². The monoisotopic (exact) mass is 656 g/mol. The van der Waals surface area contributed by atoms with Crippen LogP contribution in [0.15, 0.2) is 67.0 Å². The van der Waals surface area contributed by atoms with Gasteiger partial charge in [0.15, 0.2) is 11.6 Å². The molecule has 0 fully saturated rings. The van der Waals surface area contributed by atoms with Gasteiger partial charge in [0.2, 0.25) is 5.91 Å². The molecule has 5 N–H and O–H groups in total. The smallest absolute Gasteiger partial charge is 0.303 e. The first-order chi connectivity index (χ1) is 23.1. The van der Waals surface area contributed by atoms with E-state index in [1.54, 1.807) is 18.5 Å². The number of halogens is 2. The van der Waals surface area contributed by atoms with Crippen molar-refractivity contribution in [2.75, 3.05) is 6.54 Å². The zero-order valence-electron chi connectivity index (χ0n) is 26.6. The van der Waals surface area contributed by atoms with Crippen molar-refractivity contribution in [2.45, 2.75) is 69.8 Å². The van der Waals surface area contributed by atoms with Gasteiger partial charge in [-0.15, -0.1) is 0 Å². The van der Waals surface area contributed by atoms with E-state index in [1.807, 2.05) is 24.3 Å². The minimum atomic E-state index is -0.869. The molecule has 250 valence electrons. The summed E-state index contributed by atoms with van der Waals surface area (Å²) in [5.41, 5.74) is 2.96. The Labute approximate surface area is 276 Å². The molecule has 0 radical (unpaired) electrons. The standard InChI is InChI=1S/C37H38F2N4O5/c1-37(23-7-5-6-22(16-23)9-12-34(46)47)14-4-2-3-8-24(44)20-41-33(45)18-27-26-13-15-40-31(26)19-30(39)35(27)48-25-10-11-29(38)28(17-25)36-42-21-32(37)43-36/h5-7,10-11,13,15-17,19,21,24,40,44H,2-4,8-9,12,14,18,20H2,1H3,(H,41,45)(H,42,43)(H,46,47). The van der Waals surface area contributed by atoms with Crippen molar-refractivity contribution in [3.05, 3.63) is 101 Å². The number of hydrogen-bond acceptors (Lipinski definition) is 5. The third kappa shape index (κ3) is 7.11. The third-order valence-electron chi connectivity index (χ3n) is 9.23. The number of benzene rings is 3. The highest BCUT2D eigenvalue weighted by atomic mass is 19.1. The van der Waals surface area contributed by atoms with Crippen LogP contribution in [-0.2, 0) is 27.8 Å². The average molecular weight is 657 g/mol. The van der Waals surface area contributed by atoms with Crippen molar-refractivity contribution < 1.29 is 33.3 Å². The van der Waals surface area contributed by atoms with Gasteiger partial charge in [-0.2, -0.15) is 0 Å². The topological polar surface area (TPSA) is 140 Å². The van der Waals surface area contributed by atoms with Gasteiger partial charge in [-0.05, 0) is 61.6 Å². The van der Waals surface area contributed by atoms with E-state index in [4.69, 9.17) is 4.74 Å². The summed E-state index contributed by atoms with van der Waals surface area (Å²) >= 11 is 0. The number of hydrogen-bond donors (Lipinski definition) is 5. The number of aliphatic hydroxyl groups excluding tert-OH is 1. The minimum absolute atomic E-state index is 0.0132. The maximum absolute atomic E-state index is 15.5. The highest BCUT2D eigenvalue weighted by Crippen LogP contribution is 2.39. The van der Waals surface area contributed by atoms with Crippen molar-refractivity contribution in [3.63, 3.8) is 0 Å². The number of aryl methyl sites for hydroxylation is 1. The van der Waals surface area contributed by atoms with Gasteiger partial charge in [-0.25, -0.2) is 13.8 Å². The molecule has 1 aliphatic rings. The van der Waals surface area contributed by atoms with E-state index in [9.17, 15) is 19.8 Å². The second-order valence-corrected chi connectivity index (χ2v) is 12.7. The number of aromatic amines is 2. The second kappa shape index (κ2) is 14.0. The first-order valence-electron chi connectivity index (χ1n) is 16.2. The summed E-state index contributed by atoms with van der Waals surface area (Å²) < 4.78 is 37.0. The Kier molecular flexibility index (Phi) is 9.58. The lowest BCUT2D eigenvalue weighted by molar-refractivity contribution is -0.137. The first-order valence-corrected chi connectivity index (χ1v) is 16.2. The Morgan fingerprint density at radius 3 is 2.77 bits per heavy atom. The Balaban J connectivity index is 1.41. The fourth-order valence-electron chi connectivity index (χ4n) is 6.46. The maximum Gasteiger partial charge on any atom is 0.303 e. The highest BCUT2D eigenvalue weighted by Gasteiger charge is 2.31. The van der Waals surface area contributed by atoms with Crippen LogP contribution in [0.4, 0.5) is 8.78 Å². The van der Waals surface area contributed by atoms with Crippen LogP contribution in [0.3, 0.4) is 0 Å². The number of amides is 1. The molecule has 3 heterocycles. The Hall–Kier alpha value is -5.03. The van der Waals surface area contributed by atoms with Gasteiger partial charge >= 0.3 is 5.97 Å². The lowest BCUT2D eigenvalue weighted by Crippen LogP contribution is -2.33. The van der Waals surface area contributed by atoms with Gasteiger partial charge in [0, 0.05) is 59.0 Å². The molecule has 48 heavy (non-hydrogen) atoms. The SMILES string of the molecule is CC1(c2cccc(CCC(=O)O)c2)CCCCCC(O)CNC(=O)Cc2c(c(F)cc3[nH]ccc23)Oc2ccc(F)c(c2)-c2ncc1[nH]2. The molecule has 11 heteroatoms. The molecule has 1 aliphatic heterocycles. The number of H-pyrrole nitrogens is 2. The van der Waals surface area contributed by atoms with Crippen molar-refractivity contribution >= 4 is 22.8 Å². The van der Waals surface area contributed by atoms with E-state index in [0.29, 0.717) is 35.7 Å². The zero-order valence-corrected chi connectivity index (χ0v) is 26.6. The molecule has 6 rings (SSSR count). The first kappa shape index (κ1) is 32.9. The molecule has 0 spiro atoms. The van der Waals surface area contributed by atoms with Crippen molar-refractivity contribution in [1.29, 1.82) is 0 Å². The van der Waals surface area contributed by atoms with Crippen LogP contribution in [0.1, 0.15) is 67.8 Å². The molecule has 0 aliphatic carbocycles. The van der Waals surface area contributed by atoms with Crippen LogP contribution < -0.4 is 10.1 Å². The fourth-order valence-corrected chi connectivity index (χ4v) is 6.46. The second-order valence-electron chi connectivity index (χ2n) is 12.7. The summed E-state index contributed by atoms with van der Waals surface area (Å²) in [6, 6.07) is 14.9. The van der Waals surface area contributed by atoms with E-state index in [0.717, 1.165) is 36.1 Å². The molecule has 2 atom stereocenters. The number of nitrogens with zero attached hydrogens (tertiary/aromatic N) is 1. The summed E-state index contributed by atoms with van der Waals surface area (Å²) in [4.78, 5) is 35.1. The quantitative estimate of drug-likeness (QED) is 0.142. The van der Waals surface area contributed by atoms with E-state index in [2.05, 4.69) is 27.2 Å². The number of fused-ring (bicyclic) bond motifs is 8. The average Bonchev–Trinajstić information content (AvgIpc) is 3.75. The number of carboxylic acids is 1. The predicted molar refractivity (Wildman–Crippen MR) is 177 cm³/mol. The van der Waals surface area contributed by atoms with Gasteiger partial charge < -0.3 is 30.2 Å². The van der Waals surface area contributed by atoms with E-state index < -0.39 is 35.0 Å². The van der Waals surface area contributed by atoms with Gasteiger partial charge in [-0.3, -0.25) is 9.59 Å². The Morgan fingerprint density at radius 2 is 1.94 bits per heavy atom. The number of carbonyl (C=O) groups is 2. The number of ether oxygens (including phenoxy) is 1. The summed E-state index contributed by atoms with van der Waals surface area (Å²) in [7, 11) is 0. The molecule has 2 unspecified atom stereocenters. The molecule has 0 saturated carbocycles. The van der Waals surface area contributed by atoms with E-state index in [1.165, 1.54) is 24.3 Å². The number of aromatic nitrogens is 3. The summed E-state index contributed by atoms with van der Waals surface area (Å²) in [5, 5.41) is 23.2. The number of carbonyl (C=O) groups excluding carboxylic acids is 1. The Bertz CT molecular complexity index is 1950. The van der Waals surface area contributed by atoms with Gasteiger partial charge in [-0.1, -0.05) is 43.5 Å². The lowest BCUT2D eigenvalue weighted by Gasteiger charge is -2.30. The Morgan fingerprint density at radius 1 is 1.08 bits per heavy atom. The van der Waals surface area contributed by atoms with Crippen LogP contribution in [-0.4, -0.2) is 49.7 Å². The van der Waals surface area contributed by atoms with Crippen LogP contribution in [0.2, 0.25) is 0 Å². The molecule has 1 amide bonds. The van der Waals surface area contributed by atoms with Crippen molar-refractivity contribution in [2.24, 2.45) is 0 Å². The van der Waals surface area contributed by atoms with Crippen LogP contribution in [0, 0.1) is 11.6 Å². The van der Waals surface area contributed by atoms with Crippen LogP contribution in [0.5, 0.6) is 11.5 Å². The van der Waals surface area contributed by atoms with Gasteiger partial charge in [0.05, 0.1) is 18.1 Å². The number of nitrogens with one attached hydrogen (secondary N) is 3. The number of aliphatic carboxylic acids is 1. The zero-order chi connectivity index (χ0) is 33.8. The number of rotatable bonds is 4. The summed E-state index contributed by atoms with van der Waals surface area (Å²) in [5.74, 6) is -2.25. The molecule has 0 saturated heterocycles. The molecular weight excluding hydrogens is 618 g/mol. The molecular formula is C37H38F2N4O5. The van der Waals surface area contributed by atoms with Gasteiger partial charge in [0.25, 0.3) is 0 Å². The van der Waals surface area contributed by atoms with Gasteiger partial charge in [0.1, 0.15) is 17.4 Å². The molecule has 3 aromatic carbocycles. The fraction of sp³-hybridized carbons (Fsp3) is 0.324. The number of imidazole rings is 1. The van der Waals surface area contributed by atoms with Crippen molar-refractivity contribution in [3.8, 4) is 22.9 Å². The number of carboxylic acid groups (broad SMARTS) is 1. The van der Waals surface area contributed by atoms with Crippen molar-refractivity contribution in [1.82, 2.24) is 20.3 Å². The predicted octanol–water partition coefficient (Wildman–Crippen LogP) is 6.94. The minimum Gasteiger partial charge on any atom is -0.481 e. The molecule has 5 aromatic rings. The largest absolute Gasteiger partial charge is 0.481 e. The molecule has 4 bridgehead atoms. The van der Waals surface area contributed by atoms with E-state index in [-0.39, 0.29) is 42.3 Å². The van der Waals surface area contributed by atoms with Crippen LogP contribution in [0.25, 0.3) is 22.3 Å². The maximum atomic E-state index is 15.5. The normalized spacial score (nSPS) is 19.2. The molecule has 9 nitrogen and oxygen atoms in total. The highest BCUT2D eigenvalue weighted by molar-refractivity contribution is 5.91. The number of β-amino-alcohol motifs (C(OH)–C–C–N with tert-alkyl or cyclic N) is 1.